The van der Waals surface area contributed by atoms with E-state index in [9.17, 15) is 13.2 Å². The van der Waals surface area contributed by atoms with E-state index in [0.29, 0.717) is 29.6 Å². The lowest BCUT2D eigenvalue weighted by atomic mass is 10.1. The predicted molar refractivity (Wildman–Crippen MR) is 129 cm³/mol. The third kappa shape index (κ3) is 5.55. The van der Waals surface area contributed by atoms with E-state index in [0.717, 1.165) is 18.4 Å². The van der Waals surface area contributed by atoms with Crippen molar-refractivity contribution < 1.29 is 17.9 Å². The molecular formula is C24H25N3O4S2. The number of rotatable bonds is 8. The summed E-state index contributed by atoms with van der Waals surface area (Å²) in [6.07, 6.45) is 3.13. The van der Waals surface area contributed by atoms with E-state index in [-0.39, 0.29) is 10.8 Å². The van der Waals surface area contributed by atoms with Gasteiger partial charge in [0.05, 0.1) is 12.1 Å². The van der Waals surface area contributed by atoms with Crippen LogP contribution in [0.3, 0.4) is 0 Å². The highest BCUT2D eigenvalue weighted by Crippen LogP contribution is 2.36. The first-order valence-electron chi connectivity index (χ1n) is 10.6. The van der Waals surface area contributed by atoms with Gasteiger partial charge in [0.1, 0.15) is 15.9 Å². The molecule has 0 bridgehead atoms. The number of nitrogens with one attached hydrogen (secondary N) is 1. The Hall–Kier alpha value is -2.88. The third-order valence-corrected chi connectivity index (χ3v) is 8.42. The number of carbonyl (C=O) groups is 1. The van der Waals surface area contributed by atoms with Gasteiger partial charge in [-0.3, -0.25) is 4.79 Å². The van der Waals surface area contributed by atoms with Gasteiger partial charge in [-0.25, -0.2) is 13.4 Å². The number of ether oxygens (including phenoxy) is 1. The molecule has 1 unspecified atom stereocenters. The lowest BCUT2D eigenvalue weighted by molar-refractivity contribution is -0.115. The lowest BCUT2D eigenvalue weighted by Gasteiger charge is -2.18. The molecule has 1 saturated heterocycles. The summed E-state index contributed by atoms with van der Waals surface area (Å²) in [6.45, 7) is 1.08. The highest BCUT2D eigenvalue weighted by molar-refractivity contribution is 8.00. The number of pyridine rings is 1. The monoisotopic (exact) mass is 483 g/mol. The molecule has 0 radical (unpaired) electrons. The van der Waals surface area contributed by atoms with E-state index in [1.165, 1.54) is 22.3 Å². The third-order valence-electron chi connectivity index (χ3n) is 5.33. The lowest BCUT2D eigenvalue weighted by Crippen LogP contribution is -2.27. The topological polar surface area (TPSA) is 88.6 Å². The molecule has 2 heterocycles. The van der Waals surface area contributed by atoms with E-state index < -0.39 is 15.3 Å². The Labute approximate surface area is 198 Å². The number of aromatic nitrogens is 1. The van der Waals surface area contributed by atoms with Crippen LogP contribution in [0.1, 0.15) is 23.7 Å². The molecule has 1 aliphatic heterocycles. The fourth-order valence-electron chi connectivity index (χ4n) is 3.60. The number of sulfonamides is 1. The zero-order valence-electron chi connectivity index (χ0n) is 18.2. The van der Waals surface area contributed by atoms with Crippen LogP contribution in [0, 0.1) is 0 Å². The number of anilines is 1. The molecule has 4 rings (SSSR count). The molecule has 3 aromatic rings. The van der Waals surface area contributed by atoms with Crippen molar-refractivity contribution in [1.82, 2.24) is 9.29 Å². The maximum absolute atomic E-state index is 13.2. The largest absolute Gasteiger partial charge is 0.497 e. The molecule has 9 heteroatoms. The quantitative estimate of drug-likeness (QED) is 0.480. The van der Waals surface area contributed by atoms with Gasteiger partial charge < -0.3 is 10.1 Å². The summed E-state index contributed by atoms with van der Waals surface area (Å²) in [6, 6.07) is 19.8. The second-order valence-electron chi connectivity index (χ2n) is 7.57. The molecule has 172 valence electrons. The number of hydrogen-bond acceptors (Lipinski definition) is 6. The molecule has 1 aromatic heterocycles. The van der Waals surface area contributed by atoms with E-state index in [4.69, 9.17) is 4.74 Å². The highest BCUT2D eigenvalue weighted by atomic mass is 32.2. The van der Waals surface area contributed by atoms with Crippen molar-refractivity contribution in [2.75, 3.05) is 25.5 Å². The average Bonchev–Trinajstić information content (AvgIpc) is 3.39. The minimum Gasteiger partial charge on any atom is -0.497 e. The van der Waals surface area contributed by atoms with Crippen molar-refractivity contribution in [3.8, 4) is 5.75 Å². The predicted octanol–water partition coefficient (Wildman–Crippen LogP) is 4.35. The van der Waals surface area contributed by atoms with E-state index >= 15 is 0 Å². The molecule has 1 atom stereocenters. The Balaban J connectivity index is 1.55. The molecular weight excluding hydrogens is 458 g/mol. The van der Waals surface area contributed by atoms with Gasteiger partial charge in [0.15, 0.2) is 0 Å². The molecule has 1 N–H and O–H groups in total. The first-order valence-corrected chi connectivity index (χ1v) is 12.9. The van der Waals surface area contributed by atoms with Gasteiger partial charge in [-0.05, 0) is 42.7 Å². The van der Waals surface area contributed by atoms with Crippen molar-refractivity contribution in [1.29, 1.82) is 0 Å². The number of thioether (sulfide) groups is 1. The van der Waals surface area contributed by atoms with Crippen LogP contribution in [0.25, 0.3) is 0 Å². The molecule has 1 fully saturated rings. The van der Waals surface area contributed by atoms with Crippen molar-refractivity contribution in [2.45, 2.75) is 28.0 Å². The Morgan fingerprint density at radius 3 is 2.48 bits per heavy atom. The first-order chi connectivity index (χ1) is 16.0. The molecule has 1 amide bonds. The summed E-state index contributed by atoms with van der Waals surface area (Å²) in [4.78, 5) is 17.7. The Kier molecular flexibility index (Phi) is 7.32. The zero-order valence-corrected chi connectivity index (χ0v) is 19.8. The van der Waals surface area contributed by atoms with Gasteiger partial charge in [-0.2, -0.15) is 4.31 Å². The number of nitrogens with zero attached hydrogens (tertiary/aromatic N) is 2. The van der Waals surface area contributed by atoms with Crippen LogP contribution in [-0.4, -0.2) is 43.8 Å². The minimum absolute atomic E-state index is 0.172. The van der Waals surface area contributed by atoms with Gasteiger partial charge in [0.25, 0.3) is 0 Å². The Morgan fingerprint density at radius 2 is 1.82 bits per heavy atom. The van der Waals surface area contributed by atoms with Crippen LogP contribution in [0.4, 0.5) is 5.69 Å². The summed E-state index contributed by atoms with van der Waals surface area (Å²) >= 11 is 1.27. The summed E-state index contributed by atoms with van der Waals surface area (Å²) in [5.41, 5.74) is 1.44. The standard InChI is InChI=1S/C24H25N3O4S2/c1-31-20-11-7-10-19(16-20)26-24(28)23(18-8-3-2-4-9-18)32-22-13-12-21(17-25-22)33(29,30)27-14-5-6-15-27/h2-4,7-13,16-17,23H,5-6,14-15H2,1H3,(H,26,28). The number of benzene rings is 2. The minimum atomic E-state index is -3.53. The molecule has 7 nitrogen and oxygen atoms in total. The van der Waals surface area contributed by atoms with Crippen LogP contribution >= 0.6 is 11.8 Å². The van der Waals surface area contributed by atoms with Crippen LogP contribution in [0.15, 0.2) is 82.8 Å². The van der Waals surface area contributed by atoms with Crippen LogP contribution in [-0.2, 0) is 14.8 Å². The number of amides is 1. The van der Waals surface area contributed by atoms with Gasteiger partial charge in [0.2, 0.25) is 15.9 Å². The normalized spacial score (nSPS) is 15.2. The maximum atomic E-state index is 13.2. The molecule has 33 heavy (non-hydrogen) atoms. The molecule has 0 spiro atoms. The molecule has 2 aromatic carbocycles. The van der Waals surface area contributed by atoms with Crippen LogP contribution in [0.2, 0.25) is 0 Å². The number of methoxy groups -OCH3 is 1. The second-order valence-corrected chi connectivity index (χ2v) is 10.6. The van der Waals surface area contributed by atoms with E-state index in [2.05, 4.69) is 10.3 Å². The summed E-state index contributed by atoms with van der Waals surface area (Å²) < 4.78 is 32.2. The van der Waals surface area contributed by atoms with Crippen molar-refractivity contribution >= 4 is 33.4 Å². The van der Waals surface area contributed by atoms with Gasteiger partial charge >= 0.3 is 0 Å². The fourth-order valence-corrected chi connectivity index (χ4v) is 6.02. The summed E-state index contributed by atoms with van der Waals surface area (Å²) in [5, 5.41) is 2.92. The number of hydrogen-bond donors (Lipinski definition) is 1. The van der Waals surface area contributed by atoms with Gasteiger partial charge in [0, 0.05) is 31.0 Å². The maximum Gasteiger partial charge on any atom is 0.244 e. The fraction of sp³-hybridized carbons (Fsp3) is 0.250. The SMILES string of the molecule is COc1cccc(NC(=O)C(Sc2ccc(S(=O)(=O)N3CCCC3)cn2)c2ccccc2)c1. The van der Waals surface area contributed by atoms with Crippen LogP contribution in [0.5, 0.6) is 5.75 Å². The Morgan fingerprint density at radius 1 is 1.06 bits per heavy atom. The smallest absolute Gasteiger partial charge is 0.244 e. The Bertz CT molecular complexity index is 1200. The van der Waals surface area contributed by atoms with E-state index in [1.807, 2.05) is 30.3 Å². The number of carbonyl (C=O) groups excluding carboxylic acids is 1. The molecule has 1 aliphatic rings. The molecule has 0 aliphatic carbocycles. The summed E-state index contributed by atoms with van der Waals surface area (Å²) in [5.74, 6) is 0.434. The highest BCUT2D eigenvalue weighted by Gasteiger charge is 2.28. The van der Waals surface area contributed by atoms with Gasteiger partial charge in [-0.15, -0.1) is 0 Å². The zero-order chi connectivity index (χ0) is 23.3. The first kappa shape index (κ1) is 23.3. The average molecular weight is 484 g/mol. The van der Waals surface area contributed by atoms with Crippen molar-refractivity contribution in [3.63, 3.8) is 0 Å². The van der Waals surface area contributed by atoms with Crippen molar-refractivity contribution in [2.24, 2.45) is 0 Å². The van der Waals surface area contributed by atoms with Crippen molar-refractivity contribution in [3.05, 3.63) is 78.5 Å². The van der Waals surface area contributed by atoms with E-state index in [1.54, 1.807) is 43.5 Å². The molecule has 0 saturated carbocycles. The summed E-state index contributed by atoms with van der Waals surface area (Å²) in [7, 11) is -1.96. The van der Waals surface area contributed by atoms with Crippen LogP contribution < -0.4 is 10.1 Å². The van der Waals surface area contributed by atoms with Gasteiger partial charge in [-0.1, -0.05) is 48.2 Å². The second kappa shape index (κ2) is 10.4.